The Bertz CT molecular complexity index is 698. The molecule has 0 fully saturated rings. The molecule has 23 heavy (non-hydrogen) atoms. The van der Waals surface area contributed by atoms with Crippen molar-refractivity contribution >= 4 is 17.5 Å². The minimum atomic E-state index is -0.906. The van der Waals surface area contributed by atoms with Crippen LogP contribution >= 0.6 is 0 Å². The summed E-state index contributed by atoms with van der Waals surface area (Å²) in [6.07, 6.45) is -0.0401. The maximum absolute atomic E-state index is 13.4. The molecule has 120 valence electrons. The van der Waals surface area contributed by atoms with Crippen LogP contribution in [0, 0.1) is 17.5 Å². The number of para-hydroxylation sites is 1. The van der Waals surface area contributed by atoms with Gasteiger partial charge in [-0.3, -0.25) is 9.59 Å². The number of hydrogen-bond acceptors (Lipinski definition) is 2. The SMILES string of the molecule is O=C(Cc1ccc(F)cc1)NCC(=O)Nc1c(F)cccc1F. The zero-order chi connectivity index (χ0) is 16.8. The second-order valence-corrected chi connectivity index (χ2v) is 4.72. The Balaban J connectivity index is 1.84. The third-order valence-electron chi connectivity index (χ3n) is 2.95. The van der Waals surface area contributed by atoms with E-state index >= 15 is 0 Å². The number of nitrogens with one attached hydrogen (secondary N) is 2. The summed E-state index contributed by atoms with van der Waals surface area (Å²) in [7, 11) is 0. The van der Waals surface area contributed by atoms with Crippen LogP contribution in [-0.4, -0.2) is 18.4 Å². The summed E-state index contributed by atoms with van der Waals surface area (Å²) in [5.74, 6) is -3.46. The van der Waals surface area contributed by atoms with Crippen LogP contribution in [0.25, 0.3) is 0 Å². The highest BCUT2D eigenvalue weighted by Crippen LogP contribution is 2.17. The average molecular weight is 322 g/mol. The Kier molecular flexibility index (Phi) is 5.35. The van der Waals surface area contributed by atoms with Gasteiger partial charge in [-0.25, -0.2) is 13.2 Å². The number of benzene rings is 2. The van der Waals surface area contributed by atoms with E-state index in [0.29, 0.717) is 5.56 Å². The molecule has 2 aromatic carbocycles. The Hall–Kier alpha value is -2.83. The van der Waals surface area contributed by atoms with Crippen LogP contribution in [0.1, 0.15) is 5.56 Å². The molecule has 7 heteroatoms. The highest BCUT2D eigenvalue weighted by Gasteiger charge is 2.12. The fourth-order valence-electron chi connectivity index (χ4n) is 1.83. The number of amides is 2. The Morgan fingerprint density at radius 1 is 0.870 bits per heavy atom. The number of hydrogen-bond donors (Lipinski definition) is 2. The Labute approximate surface area is 130 Å². The molecule has 0 spiro atoms. The summed E-state index contributed by atoms with van der Waals surface area (Å²) in [5.41, 5.74) is 0.00902. The van der Waals surface area contributed by atoms with Gasteiger partial charge in [0.15, 0.2) is 0 Å². The normalized spacial score (nSPS) is 10.2. The smallest absolute Gasteiger partial charge is 0.243 e. The van der Waals surface area contributed by atoms with Gasteiger partial charge >= 0.3 is 0 Å². The summed E-state index contributed by atoms with van der Waals surface area (Å²) in [6.45, 7) is -0.437. The lowest BCUT2D eigenvalue weighted by Crippen LogP contribution is -2.34. The molecule has 0 radical (unpaired) electrons. The lowest BCUT2D eigenvalue weighted by atomic mass is 10.1. The van der Waals surface area contributed by atoms with Crippen LogP contribution in [0.4, 0.5) is 18.9 Å². The van der Waals surface area contributed by atoms with Crippen molar-refractivity contribution in [1.82, 2.24) is 5.32 Å². The molecule has 0 heterocycles. The molecule has 0 unspecified atom stereocenters. The lowest BCUT2D eigenvalue weighted by Gasteiger charge is -2.08. The Morgan fingerprint density at radius 2 is 1.48 bits per heavy atom. The molecule has 0 aliphatic rings. The zero-order valence-electron chi connectivity index (χ0n) is 11.9. The molecule has 2 amide bonds. The molecular weight excluding hydrogens is 309 g/mol. The van der Waals surface area contributed by atoms with E-state index in [1.807, 2.05) is 0 Å². The van der Waals surface area contributed by atoms with Crippen LogP contribution in [0.15, 0.2) is 42.5 Å². The van der Waals surface area contributed by atoms with Crippen molar-refractivity contribution in [2.24, 2.45) is 0 Å². The summed E-state index contributed by atoms with van der Waals surface area (Å²) >= 11 is 0. The highest BCUT2D eigenvalue weighted by molar-refractivity contribution is 5.94. The topological polar surface area (TPSA) is 58.2 Å². The van der Waals surface area contributed by atoms with Crippen LogP contribution in [0.3, 0.4) is 0 Å². The molecule has 0 aliphatic carbocycles. The Morgan fingerprint density at radius 3 is 2.09 bits per heavy atom. The van der Waals surface area contributed by atoms with Gasteiger partial charge in [-0.05, 0) is 29.8 Å². The molecule has 0 bridgehead atoms. The summed E-state index contributed by atoms with van der Waals surface area (Å²) in [4.78, 5) is 23.3. The largest absolute Gasteiger partial charge is 0.347 e. The van der Waals surface area contributed by atoms with Gasteiger partial charge in [0.05, 0.1) is 13.0 Å². The maximum atomic E-state index is 13.4. The van der Waals surface area contributed by atoms with Gasteiger partial charge in [0.25, 0.3) is 0 Å². The molecular formula is C16H13F3N2O2. The van der Waals surface area contributed by atoms with E-state index in [4.69, 9.17) is 0 Å². The van der Waals surface area contributed by atoms with Crippen molar-refractivity contribution in [3.05, 3.63) is 65.5 Å². The van der Waals surface area contributed by atoms with Gasteiger partial charge < -0.3 is 10.6 Å². The van der Waals surface area contributed by atoms with Gasteiger partial charge in [0.1, 0.15) is 23.1 Å². The quantitative estimate of drug-likeness (QED) is 0.888. The first kappa shape index (κ1) is 16.5. The van der Waals surface area contributed by atoms with E-state index in [9.17, 15) is 22.8 Å². The third kappa shape index (κ3) is 4.84. The van der Waals surface area contributed by atoms with Gasteiger partial charge in [-0.1, -0.05) is 18.2 Å². The molecule has 2 rings (SSSR count). The van der Waals surface area contributed by atoms with E-state index in [-0.39, 0.29) is 6.42 Å². The zero-order valence-corrected chi connectivity index (χ0v) is 11.9. The van der Waals surface area contributed by atoms with E-state index in [1.165, 1.54) is 30.3 Å². The first-order valence-corrected chi connectivity index (χ1v) is 6.70. The number of carbonyl (C=O) groups is 2. The monoisotopic (exact) mass is 322 g/mol. The molecule has 2 N–H and O–H groups in total. The fraction of sp³-hybridized carbons (Fsp3) is 0.125. The molecule has 0 aromatic heterocycles. The van der Waals surface area contributed by atoms with E-state index in [2.05, 4.69) is 10.6 Å². The molecule has 0 saturated carbocycles. The van der Waals surface area contributed by atoms with Crippen molar-refractivity contribution in [3.8, 4) is 0 Å². The maximum Gasteiger partial charge on any atom is 0.243 e. The average Bonchev–Trinajstić information content (AvgIpc) is 2.51. The van der Waals surface area contributed by atoms with Crippen molar-refractivity contribution in [3.63, 3.8) is 0 Å². The van der Waals surface area contributed by atoms with Crippen LogP contribution in [-0.2, 0) is 16.0 Å². The third-order valence-corrected chi connectivity index (χ3v) is 2.95. The van der Waals surface area contributed by atoms with E-state index < -0.39 is 41.5 Å². The highest BCUT2D eigenvalue weighted by atomic mass is 19.1. The first-order valence-electron chi connectivity index (χ1n) is 6.70. The lowest BCUT2D eigenvalue weighted by molar-refractivity contribution is -0.123. The van der Waals surface area contributed by atoms with Crippen molar-refractivity contribution in [2.75, 3.05) is 11.9 Å². The number of halogens is 3. The van der Waals surface area contributed by atoms with Crippen LogP contribution in [0.2, 0.25) is 0 Å². The first-order chi connectivity index (χ1) is 11.0. The minimum absolute atomic E-state index is 0.0401. The number of rotatable bonds is 5. The molecule has 0 atom stereocenters. The van der Waals surface area contributed by atoms with Crippen LogP contribution in [0.5, 0.6) is 0 Å². The van der Waals surface area contributed by atoms with E-state index in [0.717, 1.165) is 12.1 Å². The van der Waals surface area contributed by atoms with Crippen molar-refractivity contribution in [2.45, 2.75) is 6.42 Å². The molecule has 0 saturated heterocycles. The predicted molar refractivity (Wildman–Crippen MR) is 78.1 cm³/mol. The summed E-state index contributed by atoms with van der Waals surface area (Å²) in [5, 5.41) is 4.37. The standard InChI is InChI=1S/C16H13F3N2O2/c17-11-6-4-10(5-7-11)8-14(22)20-9-15(23)21-16-12(18)2-1-3-13(16)19/h1-7H,8-9H2,(H,20,22)(H,21,23). The van der Waals surface area contributed by atoms with Gasteiger partial charge in [0.2, 0.25) is 11.8 Å². The second-order valence-electron chi connectivity index (χ2n) is 4.72. The minimum Gasteiger partial charge on any atom is -0.347 e. The molecule has 2 aromatic rings. The van der Waals surface area contributed by atoms with E-state index in [1.54, 1.807) is 0 Å². The molecule has 0 aliphatic heterocycles. The van der Waals surface area contributed by atoms with Gasteiger partial charge in [-0.2, -0.15) is 0 Å². The predicted octanol–water partition coefficient (Wildman–Crippen LogP) is 2.40. The second kappa shape index (κ2) is 7.44. The van der Waals surface area contributed by atoms with Crippen LogP contribution < -0.4 is 10.6 Å². The number of anilines is 1. The number of carbonyl (C=O) groups excluding carboxylic acids is 2. The van der Waals surface area contributed by atoms with Gasteiger partial charge in [-0.15, -0.1) is 0 Å². The fourth-order valence-corrected chi connectivity index (χ4v) is 1.83. The summed E-state index contributed by atoms with van der Waals surface area (Å²) < 4.78 is 39.4. The van der Waals surface area contributed by atoms with Gasteiger partial charge in [0, 0.05) is 0 Å². The summed E-state index contributed by atoms with van der Waals surface area (Å²) in [6, 6.07) is 8.52. The van der Waals surface area contributed by atoms with Crippen molar-refractivity contribution in [1.29, 1.82) is 0 Å². The van der Waals surface area contributed by atoms with Crippen molar-refractivity contribution < 1.29 is 22.8 Å². The molecule has 4 nitrogen and oxygen atoms in total.